The van der Waals surface area contributed by atoms with Crippen molar-refractivity contribution in [3.05, 3.63) is 71.5 Å². The second-order valence-electron chi connectivity index (χ2n) is 9.65. The normalized spacial score (nSPS) is 14.2. The van der Waals surface area contributed by atoms with E-state index < -0.39 is 11.7 Å². The Bertz CT molecular complexity index is 1250. The van der Waals surface area contributed by atoms with Crippen molar-refractivity contribution in [2.75, 3.05) is 31.1 Å². The van der Waals surface area contributed by atoms with Crippen molar-refractivity contribution in [2.24, 2.45) is 4.99 Å². The van der Waals surface area contributed by atoms with Crippen LogP contribution in [0.1, 0.15) is 97.4 Å². The van der Waals surface area contributed by atoms with E-state index in [1.165, 1.54) is 6.07 Å². The molecule has 0 saturated carbocycles. The number of rotatable bonds is 12. The van der Waals surface area contributed by atoms with Crippen LogP contribution in [0.25, 0.3) is 11.3 Å². The number of para-hydroxylation sites is 1. The van der Waals surface area contributed by atoms with Crippen LogP contribution in [0.3, 0.4) is 0 Å². The molecule has 45 heavy (non-hydrogen) atoms. The number of pyridine rings is 2. The monoisotopic (exact) mass is 629 g/mol. The minimum atomic E-state index is -4.41. The summed E-state index contributed by atoms with van der Waals surface area (Å²) in [5, 5.41) is 3.45. The first-order valence-electron chi connectivity index (χ1n) is 16.5. The Kier molecular flexibility index (Phi) is 18.7. The zero-order chi connectivity index (χ0) is 33.8. The fourth-order valence-electron chi connectivity index (χ4n) is 5.18. The van der Waals surface area contributed by atoms with Crippen molar-refractivity contribution < 1.29 is 17.9 Å². The topological polar surface area (TPSA) is 62.6 Å². The van der Waals surface area contributed by atoms with E-state index in [0.717, 1.165) is 41.4 Å². The number of unbranched alkanes of at least 4 members (excludes halogenated alkanes) is 1. The van der Waals surface area contributed by atoms with Gasteiger partial charge in [0.15, 0.2) is 0 Å². The van der Waals surface area contributed by atoms with Gasteiger partial charge in [0.1, 0.15) is 0 Å². The molecule has 0 fully saturated rings. The number of fused-ring (bicyclic) bond motifs is 1. The summed E-state index contributed by atoms with van der Waals surface area (Å²) in [7, 11) is 0. The van der Waals surface area contributed by atoms with Gasteiger partial charge in [-0.15, -0.1) is 0 Å². The Hall–Kier alpha value is -3.46. The number of hydrogen-bond donors (Lipinski definition) is 1. The molecule has 250 valence electrons. The predicted molar refractivity (Wildman–Crippen MR) is 184 cm³/mol. The SMILES string of the molecule is C=NC(CCN(CCCC)c1ccccc1C(F)(F)F)C1CNCc2nc(-c3cccnc3OCC)ccc21.CC.CC.CC. The average Bonchev–Trinajstić information content (AvgIpc) is 3.09. The van der Waals surface area contributed by atoms with Crippen molar-refractivity contribution in [3.8, 4) is 17.1 Å². The molecule has 1 aliphatic rings. The second-order valence-corrected chi connectivity index (χ2v) is 9.65. The Balaban J connectivity index is 0.00000159. The fourth-order valence-corrected chi connectivity index (χ4v) is 5.18. The van der Waals surface area contributed by atoms with Crippen LogP contribution in [0, 0.1) is 0 Å². The molecule has 6 nitrogen and oxygen atoms in total. The van der Waals surface area contributed by atoms with Crippen LogP contribution in [0.15, 0.2) is 59.7 Å². The molecule has 0 spiro atoms. The van der Waals surface area contributed by atoms with Gasteiger partial charge in [-0.25, -0.2) is 4.98 Å². The zero-order valence-corrected chi connectivity index (χ0v) is 28.5. The van der Waals surface area contributed by atoms with Crippen LogP contribution in [-0.2, 0) is 12.7 Å². The summed E-state index contributed by atoms with van der Waals surface area (Å²) in [5.74, 6) is 0.559. The molecule has 1 aromatic carbocycles. The zero-order valence-electron chi connectivity index (χ0n) is 28.5. The van der Waals surface area contributed by atoms with Crippen molar-refractivity contribution >= 4 is 12.4 Å². The van der Waals surface area contributed by atoms with E-state index in [2.05, 4.69) is 28.1 Å². The number of nitrogens with one attached hydrogen (secondary N) is 1. The molecule has 1 N–H and O–H groups in total. The lowest BCUT2D eigenvalue weighted by Crippen LogP contribution is -2.37. The second kappa shape index (κ2) is 21.3. The quantitative estimate of drug-likeness (QED) is 0.202. The number of benzene rings is 1. The maximum atomic E-state index is 13.8. The summed E-state index contributed by atoms with van der Waals surface area (Å²) < 4.78 is 47.1. The molecule has 4 rings (SSSR count). The Morgan fingerprint density at radius 2 is 1.71 bits per heavy atom. The molecule has 2 unspecified atom stereocenters. The number of alkyl halides is 3. The number of ether oxygens (including phenoxy) is 1. The standard InChI is InChI=1S/C30H36F3N5O.3C2H6/c1-4-6-17-38(28-12-8-7-11-24(28)30(31,32)33)18-15-25(34-3)23-19-35-20-27-21(23)13-14-26(37-27)22-10-9-16-36-29(22)39-5-2;3*1-2/h7-14,16,23,25,35H,3-6,15,17-20H2,1-2H3;3*1-2H3. The van der Waals surface area contributed by atoms with Gasteiger partial charge >= 0.3 is 6.18 Å². The maximum absolute atomic E-state index is 13.8. The Morgan fingerprint density at radius 3 is 2.36 bits per heavy atom. The highest BCUT2D eigenvalue weighted by atomic mass is 19.4. The highest BCUT2D eigenvalue weighted by Crippen LogP contribution is 2.38. The van der Waals surface area contributed by atoms with Crippen molar-refractivity contribution in [3.63, 3.8) is 0 Å². The fraction of sp³-hybridized carbons (Fsp3) is 0.528. The van der Waals surface area contributed by atoms with E-state index in [-0.39, 0.29) is 17.6 Å². The molecule has 3 heterocycles. The molecule has 0 aliphatic carbocycles. The molecular formula is C36H54F3N5O. The Morgan fingerprint density at radius 1 is 1.00 bits per heavy atom. The number of nitrogens with zero attached hydrogens (tertiary/aromatic N) is 4. The van der Waals surface area contributed by atoms with Crippen LogP contribution in [-0.4, -0.2) is 49.0 Å². The van der Waals surface area contributed by atoms with Crippen LogP contribution in [0.4, 0.5) is 18.9 Å². The van der Waals surface area contributed by atoms with E-state index in [0.29, 0.717) is 45.1 Å². The molecule has 0 radical (unpaired) electrons. The van der Waals surface area contributed by atoms with Crippen LogP contribution in [0.5, 0.6) is 5.88 Å². The summed E-state index contributed by atoms with van der Waals surface area (Å²) in [6, 6.07) is 13.5. The van der Waals surface area contributed by atoms with Crippen molar-refractivity contribution in [1.82, 2.24) is 15.3 Å². The van der Waals surface area contributed by atoms with Gasteiger partial charge in [0, 0.05) is 44.0 Å². The van der Waals surface area contributed by atoms with Crippen LogP contribution < -0.4 is 15.0 Å². The highest BCUT2D eigenvalue weighted by molar-refractivity contribution is 5.65. The summed E-state index contributed by atoms with van der Waals surface area (Å²) in [6.45, 7) is 22.6. The van der Waals surface area contributed by atoms with Gasteiger partial charge in [-0.2, -0.15) is 13.2 Å². The highest BCUT2D eigenvalue weighted by Gasteiger charge is 2.35. The molecule has 0 saturated heterocycles. The summed E-state index contributed by atoms with van der Waals surface area (Å²) in [6.07, 6.45) is -0.449. The largest absolute Gasteiger partial charge is 0.477 e. The number of aromatic nitrogens is 2. The lowest BCUT2D eigenvalue weighted by Gasteiger charge is -2.33. The minimum absolute atomic E-state index is 0.0129. The minimum Gasteiger partial charge on any atom is -0.477 e. The molecule has 0 bridgehead atoms. The maximum Gasteiger partial charge on any atom is 0.418 e. The van der Waals surface area contributed by atoms with Crippen LogP contribution >= 0.6 is 0 Å². The van der Waals surface area contributed by atoms with E-state index in [1.54, 1.807) is 18.3 Å². The molecule has 1 aliphatic heterocycles. The summed E-state index contributed by atoms with van der Waals surface area (Å²) in [5.41, 5.74) is 3.24. The van der Waals surface area contributed by atoms with Gasteiger partial charge in [0.05, 0.1) is 35.2 Å². The van der Waals surface area contributed by atoms with E-state index in [1.807, 2.05) is 78.5 Å². The van der Waals surface area contributed by atoms with E-state index in [9.17, 15) is 13.2 Å². The van der Waals surface area contributed by atoms with E-state index in [4.69, 9.17) is 9.72 Å². The predicted octanol–water partition coefficient (Wildman–Crippen LogP) is 9.59. The average molecular weight is 630 g/mol. The summed E-state index contributed by atoms with van der Waals surface area (Å²) >= 11 is 0. The number of aliphatic imine (C=N–C) groups is 1. The van der Waals surface area contributed by atoms with Gasteiger partial charge < -0.3 is 15.0 Å². The van der Waals surface area contributed by atoms with E-state index >= 15 is 0 Å². The summed E-state index contributed by atoms with van der Waals surface area (Å²) in [4.78, 5) is 15.6. The molecule has 3 aromatic rings. The first-order chi connectivity index (χ1) is 21.9. The Labute approximate surface area is 269 Å². The lowest BCUT2D eigenvalue weighted by atomic mass is 9.86. The van der Waals surface area contributed by atoms with Gasteiger partial charge in [-0.05, 0) is 62.4 Å². The molecule has 0 amide bonds. The van der Waals surface area contributed by atoms with Gasteiger partial charge in [0.25, 0.3) is 0 Å². The smallest absolute Gasteiger partial charge is 0.418 e. The lowest BCUT2D eigenvalue weighted by molar-refractivity contribution is -0.137. The van der Waals surface area contributed by atoms with Crippen LogP contribution in [0.2, 0.25) is 0 Å². The molecule has 2 atom stereocenters. The third-order valence-electron chi connectivity index (χ3n) is 7.12. The number of hydrogen-bond acceptors (Lipinski definition) is 6. The van der Waals surface area contributed by atoms with Gasteiger partial charge in [-0.1, -0.05) is 73.1 Å². The third kappa shape index (κ3) is 11.1. The first-order valence-corrected chi connectivity index (χ1v) is 16.5. The van der Waals surface area contributed by atoms with Gasteiger partial charge in [0.2, 0.25) is 5.88 Å². The first kappa shape index (κ1) is 39.6. The number of halogens is 3. The number of anilines is 1. The van der Waals surface area contributed by atoms with Gasteiger partial charge in [-0.3, -0.25) is 9.98 Å². The van der Waals surface area contributed by atoms with Crippen molar-refractivity contribution in [1.29, 1.82) is 0 Å². The van der Waals surface area contributed by atoms with Crippen molar-refractivity contribution in [2.45, 2.75) is 99.3 Å². The molecule has 9 heteroatoms. The molecular weight excluding hydrogens is 575 g/mol. The molecule has 2 aromatic heterocycles. The third-order valence-corrected chi connectivity index (χ3v) is 7.12.